The second-order valence-corrected chi connectivity index (χ2v) is 3.41. The summed E-state index contributed by atoms with van der Waals surface area (Å²) in [7, 11) is 0. The molecule has 0 saturated heterocycles. The number of fused-ring (bicyclic) bond motifs is 1. The van der Waals surface area contributed by atoms with Crippen LogP contribution in [0.2, 0.25) is 0 Å². The molecule has 3 heteroatoms. The molecule has 68 valence electrons. The minimum atomic E-state index is 0.734. The van der Waals surface area contributed by atoms with Crippen LogP contribution in [-0.4, -0.2) is 28.0 Å². The number of imidazole rings is 1. The lowest BCUT2D eigenvalue weighted by atomic mass is 10.1. The molecule has 13 heavy (non-hydrogen) atoms. The molecule has 3 nitrogen and oxygen atoms in total. The zero-order valence-corrected chi connectivity index (χ0v) is 7.80. The van der Waals surface area contributed by atoms with Crippen molar-refractivity contribution >= 4 is 0 Å². The fraction of sp³-hybridized carbons (Fsp3) is 0.500. The molecular formula is C10H13N3. The summed E-state index contributed by atoms with van der Waals surface area (Å²) in [6.07, 6.45) is 6.28. The van der Waals surface area contributed by atoms with Crippen LogP contribution in [0.4, 0.5) is 0 Å². The highest BCUT2D eigenvalue weighted by atomic mass is 15.1. The van der Waals surface area contributed by atoms with Gasteiger partial charge in [-0.15, -0.1) is 6.42 Å². The third-order valence-corrected chi connectivity index (χ3v) is 2.34. The van der Waals surface area contributed by atoms with Crippen LogP contribution in [0.3, 0.4) is 0 Å². The summed E-state index contributed by atoms with van der Waals surface area (Å²) in [4.78, 5) is 9.93. The van der Waals surface area contributed by atoms with Gasteiger partial charge in [-0.1, -0.05) is 5.92 Å². The highest BCUT2D eigenvalue weighted by Gasteiger charge is 2.17. The normalized spacial score (nSPS) is 16.6. The summed E-state index contributed by atoms with van der Waals surface area (Å²) in [6, 6.07) is 0. The van der Waals surface area contributed by atoms with Crippen molar-refractivity contribution in [1.29, 1.82) is 0 Å². The number of hydrogen-bond acceptors (Lipinski definition) is 2. The van der Waals surface area contributed by atoms with Crippen LogP contribution in [0.5, 0.6) is 0 Å². The highest BCUT2D eigenvalue weighted by molar-refractivity contribution is 5.17. The third kappa shape index (κ3) is 1.58. The number of aromatic amines is 1. The Bertz CT molecular complexity index is 346. The van der Waals surface area contributed by atoms with Crippen LogP contribution >= 0.6 is 0 Å². The molecule has 0 radical (unpaired) electrons. The van der Waals surface area contributed by atoms with Gasteiger partial charge in [0.1, 0.15) is 5.82 Å². The maximum atomic E-state index is 5.27. The van der Waals surface area contributed by atoms with E-state index in [9.17, 15) is 0 Å². The lowest BCUT2D eigenvalue weighted by Gasteiger charge is -2.23. The van der Waals surface area contributed by atoms with Gasteiger partial charge in [0.25, 0.3) is 0 Å². The van der Waals surface area contributed by atoms with E-state index in [0.717, 1.165) is 31.9 Å². The Morgan fingerprint density at radius 2 is 2.54 bits per heavy atom. The summed E-state index contributed by atoms with van der Waals surface area (Å²) >= 11 is 0. The molecule has 0 spiro atoms. The van der Waals surface area contributed by atoms with E-state index in [-0.39, 0.29) is 0 Å². The van der Waals surface area contributed by atoms with Gasteiger partial charge in [0.05, 0.1) is 17.9 Å². The Balaban J connectivity index is 2.15. The number of hydrogen-bond donors (Lipinski definition) is 1. The molecule has 1 aliphatic heterocycles. The first kappa shape index (κ1) is 8.33. The van der Waals surface area contributed by atoms with Crippen molar-refractivity contribution in [1.82, 2.24) is 14.9 Å². The van der Waals surface area contributed by atoms with Crippen molar-refractivity contribution in [3.63, 3.8) is 0 Å². The second-order valence-electron chi connectivity index (χ2n) is 3.41. The van der Waals surface area contributed by atoms with Crippen LogP contribution in [0.1, 0.15) is 17.2 Å². The minimum Gasteiger partial charge on any atom is -0.345 e. The molecule has 1 aliphatic rings. The van der Waals surface area contributed by atoms with E-state index in [2.05, 4.69) is 20.8 Å². The Hall–Kier alpha value is -1.27. The van der Waals surface area contributed by atoms with Gasteiger partial charge in [-0.25, -0.2) is 4.98 Å². The van der Waals surface area contributed by atoms with Gasteiger partial charge in [-0.05, 0) is 6.92 Å². The summed E-state index contributed by atoms with van der Waals surface area (Å²) in [5.74, 6) is 3.67. The molecule has 2 heterocycles. The van der Waals surface area contributed by atoms with Crippen molar-refractivity contribution in [2.24, 2.45) is 0 Å². The predicted molar refractivity (Wildman–Crippen MR) is 51.1 cm³/mol. The summed E-state index contributed by atoms with van der Waals surface area (Å²) in [5, 5.41) is 0. The second kappa shape index (κ2) is 3.23. The van der Waals surface area contributed by atoms with Crippen LogP contribution in [0.15, 0.2) is 0 Å². The van der Waals surface area contributed by atoms with Gasteiger partial charge in [0, 0.05) is 19.5 Å². The smallest absolute Gasteiger partial charge is 0.103 e. The van der Waals surface area contributed by atoms with E-state index in [4.69, 9.17) is 6.42 Å². The summed E-state index contributed by atoms with van der Waals surface area (Å²) in [6.45, 7) is 4.67. The van der Waals surface area contributed by atoms with E-state index < -0.39 is 0 Å². The molecule has 2 rings (SSSR count). The molecule has 0 aliphatic carbocycles. The monoisotopic (exact) mass is 175 g/mol. The Morgan fingerprint density at radius 1 is 1.69 bits per heavy atom. The van der Waals surface area contributed by atoms with E-state index in [1.165, 1.54) is 11.4 Å². The van der Waals surface area contributed by atoms with Gasteiger partial charge in [-0.3, -0.25) is 4.90 Å². The van der Waals surface area contributed by atoms with Crippen LogP contribution < -0.4 is 0 Å². The number of H-pyrrole nitrogens is 1. The fourth-order valence-corrected chi connectivity index (χ4v) is 1.76. The molecule has 1 aromatic rings. The predicted octanol–water partition coefficient (Wildman–Crippen LogP) is 0.709. The number of aromatic nitrogens is 2. The van der Waals surface area contributed by atoms with Gasteiger partial charge in [0.2, 0.25) is 0 Å². The number of nitrogens with zero attached hydrogens (tertiary/aromatic N) is 2. The zero-order valence-electron chi connectivity index (χ0n) is 7.80. The van der Waals surface area contributed by atoms with Crippen LogP contribution in [0.25, 0.3) is 0 Å². The van der Waals surface area contributed by atoms with E-state index in [1.54, 1.807) is 0 Å². The van der Waals surface area contributed by atoms with E-state index in [0.29, 0.717) is 0 Å². The molecule has 0 aromatic carbocycles. The minimum absolute atomic E-state index is 0.734. The molecule has 0 amide bonds. The standard InChI is InChI=1S/C10H13N3/c1-3-5-13-6-4-9-10(7-13)12-8(2)11-9/h1H,4-7H2,2H3,(H,11,12). The number of terminal acetylenes is 1. The molecule has 1 aromatic heterocycles. The molecule has 0 atom stereocenters. The van der Waals surface area contributed by atoms with Gasteiger partial charge >= 0.3 is 0 Å². The van der Waals surface area contributed by atoms with Crippen LogP contribution in [0, 0.1) is 19.3 Å². The average Bonchev–Trinajstić information content (AvgIpc) is 2.44. The summed E-state index contributed by atoms with van der Waals surface area (Å²) in [5.41, 5.74) is 2.45. The summed E-state index contributed by atoms with van der Waals surface area (Å²) < 4.78 is 0. The van der Waals surface area contributed by atoms with Crippen molar-refractivity contribution < 1.29 is 0 Å². The lowest BCUT2D eigenvalue weighted by molar-refractivity contribution is 0.281. The number of aryl methyl sites for hydroxylation is 1. The van der Waals surface area contributed by atoms with E-state index in [1.807, 2.05) is 6.92 Å². The quantitative estimate of drug-likeness (QED) is 0.637. The van der Waals surface area contributed by atoms with Crippen LogP contribution in [-0.2, 0) is 13.0 Å². The molecule has 0 unspecified atom stereocenters. The topological polar surface area (TPSA) is 31.9 Å². The lowest BCUT2D eigenvalue weighted by Crippen LogP contribution is -2.30. The Morgan fingerprint density at radius 3 is 3.31 bits per heavy atom. The fourth-order valence-electron chi connectivity index (χ4n) is 1.76. The van der Waals surface area contributed by atoms with Crippen molar-refractivity contribution in [3.8, 4) is 12.3 Å². The first-order valence-corrected chi connectivity index (χ1v) is 4.50. The number of nitrogens with one attached hydrogen (secondary N) is 1. The number of rotatable bonds is 1. The van der Waals surface area contributed by atoms with Crippen molar-refractivity contribution in [3.05, 3.63) is 17.2 Å². The van der Waals surface area contributed by atoms with Gasteiger partial charge < -0.3 is 4.98 Å². The van der Waals surface area contributed by atoms with Gasteiger partial charge in [-0.2, -0.15) is 0 Å². The van der Waals surface area contributed by atoms with Gasteiger partial charge in [0.15, 0.2) is 0 Å². The SMILES string of the molecule is C#CCN1CCc2nc(C)[nH]c2C1. The van der Waals surface area contributed by atoms with Crippen molar-refractivity contribution in [2.45, 2.75) is 19.9 Å². The first-order chi connectivity index (χ1) is 6.29. The molecule has 0 bridgehead atoms. The van der Waals surface area contributed by atoms with E-state index >= 15 is 0 Å². The highest BCUT2D eigenvalue weighted by Crippen LogP contribution is 2.15. The first-order valence-electron chi connectivity index (χ1n) is 4.50. The maximum absolute atomic E-state index is 5.27. The largest absolute Gasteiger partial charge is 0.345 e. The molecular weight excluding hydrogens is 162 g/mol. The Labute approximate surface area is 78.2 Å². The Kier molecular flexibility index (Phi) is 2.07. The molecule has 0 fully saturated rings. The molecule has 1 N–H and O–H groups in total. The molecule has 0 saturated carbocycles. The third-order valence-electron chi connectivity index (χ3n) is 2.34. The zero-order chi connectivity index (χ0) is 9.26. The average molecular weight is 175 g/mol. The van der Waals surface area contributed by atoms with Crippen molar-refractivity contribution in [2.75, 3.05) is 13.1 Å². The maximum Gasteiger partial charge on any atom is 0.103 e.